The van der Waals surface area contributed by atoms with Gasteiger partial charge in [0.1, 0.15) is 0 Å². The fraction of sp³-hybridized carbons (Fsp3) is 0.324. The predicted octanol–water partition coefficient (Wildman–Crippen LogP) is 8.40. The van der Waals surface area contributed by atoms with Crippen molar-refractivity contribution in [3.8, 4) is 0 Å². The lowest BCUT2D eigenvalue weighted by Gasteiger charge is -2.33. The maximum Gasteiger partial charge on any atom is 0.335 e. The lowest BCUT2D eigenvalue weighted by Crippen LogP contribution is -2.23. The summed E-state index contributed by atoms with van der Waals surface area (Å²) in [5, 5.41) is 16.1. The van der Waals surface area contributed by atoms with E-state index in [9.17, 15) is 9.90 Å². The summed E-state index contributed by atoms with van der Waals surface area (Å²) in [7, 11) is 0. The monoisotopic (exact) mass is 527 g/mol. The zero-order valence-electron chi connectivity index (χ0n) is 22.5. The SMILES string of the molecule is Cc1cc(C)c(C2CC(CCCN[C@H](C)c3cccc4ccccc34)Cc3ccccc32)cc1C(=O)O.Cl. The van der Waals surface area contributed by atoms with E-state index in [4.69, 9.17) is 0 Å². The van der Waals surface area contributed by atoms with Crippen molar-refractivity contribution in [2.24, 2.45) is 5.92 Å². The number of fused-ring (bicyclic) bond motifs is 2. The van der Waals surface area contributed by atoms with Crippen molar-refractivity contribution in [1.82, 2.24) is 5.32 Å². The molecule has 0 amide bonds. The van der Waals surface area contributed by atoms with Crippen LogP contribution in [0.15, 0.2) is 78.9 Å². The number of nitrogens with one attached hydrogen (secondary N) is 1. The van der Waals surface area contributed by atoms with Crippen LogP contribution in [0, 0.1) is 19.8 Å². The summed E-state index contributed by atoms with van der Waals surface area (Å²) in [5.41, 5.74) is 7.75. The summed E-state index contributed by atoms with van der Waals surface area (Å²) in [6, 6.07) is 28.2. The number of aryl methyl sites for hydroxylation is 2. The summed E-state index contributed by atoms with van der Waals surface area (Å²) < 4.78 is 0. The molecule has 4 aromatic carbocycles. The highest BCUT2D eigenvalue weighted by atomic mass is 35.5. The zero-order valence-corrected chi connectivity index (χ0v) is 23.4. The summed E-state index contributed by atoms with van der Waals surface area (Å²) in [5.74, 6) is -0.00876. The van der Waals surface area contributed by atoms with Crippen molar-refractivity contribution in [2.75, 3.05) is 6.54 Å². The Morgan fingerprint density at radius 2 is 1.68 bits per heavy atom. The first-order valence-electron chi connectivity index (χ1n) is 13.6. The molecule has 0 heterocycles. The van der Waals surface area contributed by atoms with E-state index in [-0.39, 0.29) is 18.3 Å². The molecule has 5 rings (SSSR count). The van der Waals surface area contributed by atoms with Crippen molar-refractivity contribution in [3.05, 3.63) is 118 Å². The quantitative estimate of drug-likeness (QED) is 0.226. The predicted molar refractivity (Wildman–Crippen MR) is 160 cm³/mol. The second-order valence-electron chi connectivity index (χ2n) is 10.8. The van der Waals surface area contributed by atoms with Gasteiger partial charge in [-0.25, -0.2) is 4.79 Å². The Hall–Kier alpha value is -3.14. The Kier molecular flexibility index (Phi) is 8.91. The average molecular weight is 528 g/mol. The fourth-order valence-electron chi connectivity index (χ4n) is 6.35. The lowest BCUT2D eigenvalue weighted by atomic mass is 9.71. The topological polar surface area (TPSA) is 49.3 Å². The van der Waals surface area contributed by atoms with E-state index in [0.29, 0.717) is 17.5 Å². The molecule has 0 saturated carbocycles. The van der Waals surface area contributed by atoms with Gasteiger partial charge >= 0.3 is 5.97 Å². The van der Waals surface area contributed by atoms with E-state index in [1.807, 2.05) is 19.1 Å². The number of aromatic carboxylic acids is 1. The van der Waals surface area contributed by atoms with Crippen LogP contribution in [0.25, 0.3) is 10.8 Å². The van der Waals surface area contributed by atoms with Gasteiger partial charge in [0.25, 0.3) is 0 Å². The minimum atomic E-state index is -0.842. The molecule has 0 aromatic heterocycles. The van der Waals surface area contributed by atoms with Crippen LogP contribution in [0.3, 0.4) is 0 Å². The Morgan fingerprint density at radius 1 is 0.947 bits per heavy atom. The van der Waals surface area contributed by atoms with E-state index in [1.54, 1.807) is 0 Å². The van der Waals surface area contributed by atoms with Gasteiger partial charge in [-0.15, -0.1) is 12.4 Å². The number of carboxylic acids is 1. The molecule has 3 atom stereocenters. The van der Waals surface area contributed by atoms with Gasteiger partial charge in [0.2, 0.25) is 0 Å². The van der Waals surface area contributed by atoms with Gasteiger partial charge in [-0.05, 0) is 109 Å². The minimum absolute atomic E-state index is 0. The smallest absolute Gasteiger partial charge is 0.335 e. The Bertz CT molecular complexity index is 1420. The Morgan fingerprint density at radius 3 is 2.50 bits per heavy atom. The number of rotatable bonds is 8. The third-order valence-corrected chi connectivity index (χ3v) is 8.26. The van der Waals surface area contributed by atoms with Crippen LogP contribution in [-0.2, 0) is 6.42 Å². The first-order chi connectivity index (χ1) is 17.9. The van der Waals surface area contributed by atoms with Gasteiger partial charge in [0, 0.05) is 12.0 Å². The lowest BCUT2D eigenvalue weighted by molar-refractivity contribution is 0.0696. The van der Waals surface area contributed by atoms with E-state index in [1.165, 1.54) is 38.6 Å². The Labute approximate surface area is 232 Å². The van der Waals surface area contributed by atoms with Crippen LogP contribution in [0.2, 0.25) is 0 Å². The van der Waals surface area contributed by atoms with Crippen molar-refractivity contribution < 1.29 is 9.90 Å². The molecule has 0 aliphatic heterocycles. The standard InChI is InChI=1S/C34H37NO2.ClH/c1-22-18-23(2)32(34(36)37)21-31(22)33-20-25(19-27-12-5-7-15-30(27)33)10-9-17-35-24(3)28-16-8-13-26-11-4-6-14-29(26)28;/h4-8,11-16,18,21,24-25,33,35H,9-10,17,19-20H2,1-3H3,(H,36,37);1H/t24-,25?,33?;/m1./s1. The molecule has 4 heteroatoms. The second-order valence-corrected chi connectivity index (χ2v) is 10.8. The zero-order chi connectivity index (χ0) is 25.9. The largest absolute Gasteiger partial charge is 0.478 e. The normalized spacial score (nSPS) is 17.4. The van der Waals surface area contributed by atoms with Crippen molar-refractivity contribution in [1.29, 1.82) is 0 Å². The molecule has 1 aliphatic carbocycles. The van der Waals surface area contributed by atoms with Crippen molar-refractivity contribution >= 4 is 29.1 Å². The highest BCUT2D eigenvalue weighted by molar-refractivity contribution is 5.90. The molecule has 4 aromatic rings. The summed E-state index contributed by atoms with van der Waals surface area (Å²) >= 11 is 0. The summed E-state index contributed by atoms with van der Waals surface area (Å²) in [4.78, 5) is 11.9. The van der Waals surface area contributed by atoms with Gasteiger partial charge in [0.05, 0.1) is 5.56 Å². The van der Waals surface area contributed by atoms with Gasteiger partial charge < -0.3 is 10.4 Å². The maximum absolute atomic E-state index is 11.9. The van der Waals surface area contributed by atoms with Gasteiger partial charge in [-0.3, -0.25) is 0 Å². The summed E-state index contributed by atoms with van der Waals surface area (Å²) in [6.45, 7) is 7.26. The molecule has 0 spiro atoms. The van der Waals surface area contributed by atoms with E-state index in [0.717, 1.165) is 37.8 Å². The molecule has 1 aliphatic rings. The van der Waals surface area contributed by atoms with Crippen LogP contribution in [0.5, 0.6) is 0 Å². The fourth-order valence-corrected chi connectivity index (χ4v) is 6.35. The maximum atomic E-state index is 11.9. The van der Waals surface area contributed by atoms with Crippen LogP contribution in [-0.4, -0.2) is 17.6 Å². The molecule has 2 unspecified atom stereocenters. The van der Waals surface area contributed by atoms with Crippen LogP contribution in [0.1, 0.15) is 81.9 Å². The molecular formula is C34H38ClNO2. The third-order valence-electron chi connectivity index (χ3n) is 8.26. The number of halogens is 1. The Balaban J connectivity index is 0.00000336. The number of benzene rings is 4. The summed E-state index contributed by atoms with van der Waals surface area (Å²) in [6.07, 6.45) is 4.46. The first kappa shape index (κ1) is 27.9. The van der Waals surface area contributed by atoms with Crippen molar-refractivity contribution in [3.63, 3.8) is 0 Å². The van der Waals surface area contributed by atoms with Gasteiger partial charge in [0.15, 0.2) is 0 Å². The second kappa shape index (κ2) is 12.1. The average Bonchev–Trinajstić information content (AvgIpc) is 2.90. The van der Waals surface area contributed by atoms with Gasteiger partial charge in [-0.1, -0.05) is 72.8 Å². The van der Waals surface area contributed by atoms with Crippen LogP contribution < -0.4 is 5.32 Å². The van der Waals surface area contributed by atoms with E-state index in [2.05, 4.69) is 85.9 Å². The molecule has 198 valence electrons. The number of hydrogen-bond acceptors (Lipinski definition) is 2. The number of carbonyl (C=O) groups is 1. The van der Waals surface area contributed by atoms with Gasteiger partial charge in [-0.2, -0.15) is 0 Å². The molecule has 3 nitrogen and oxygen atoms in total. The molecule has 0 fully saturated rings. The molecular weight excluding hydrogens is 490 g/mol. The van der Waals surface area contributed by atoms with E-state index < -0.39 is 5.97 Å². The highest BCUT2D eigenvalue weighted by Gasteiger charge is 2.29. The van der Waals surface area contributed by atoms with Crippen LogP contribution >= 0.6 is 12.4 Å². The molecule has 38 heavy (non-hydrogen) atoms. The highest BCUT2D eigenvalue weighted by Crippen LogP contribution is 2.42. The third kappa shape index (κ3) is 5.80. The first-order valence-corrected chi connectivity index (χ1v) is 13.6. The molecule has 0 radical (unpaired) electrons. The minimum Gasteiger partial charge on any atom is -0.478 e. The molecule has 0 saturated heterocycles. The number of carboxylic acid groups (broad SMARTS) is 1. The van der Waals surface area contributed by atoms with Crippen molar-refractivity contribution in [2.45, 2.75) is 58.4 Å². The number of hydrogen-bond donors (Lipinski definition) is 2. The molecule has 0 bridgehead atoms. The van der Waals surface area contributed by atoms with E-state index >= 15 is 0 Å². The van der Waals surface area contributed by atoms with Crippen LogP contribution in [0.4, 0.5) is 0 Å². The molecule has 2 N–H and O–H groups in total.